The standard InChI is InChI=1S/C24H23N3O4/c1-16(22-13-17-7-2-5-11-21(17)31-22)25-15-23(28)27-20-10-4-3-9-19(20)24(29)26-14-18-8-6-12-30-18/h2-13,16,25H,14-15H2,1H3,(H,26,29)(H,27,28). The molecule has 0 saturated carbocycles. The van der Waals surface area contributed by atoms with E-state index in [1.807, 2.05) is 37.3 Å². The molecule has 4 rings (SSSR count). The Hall–Kier alpha value is -3.84. The summed E-state index contributed by atoms with van der Waals surface area (Å²) in [7, 11) is 0. The molecule has 2 heterocycles. The number of rotatable bonds is 8. The van der Waals surface area contributed by atoms with Crippen molar-refractivity contribution in [2.45, 2.75) is 19.5 Å². The first-order chi connectivity index (χ1) is 15.1. The van der Waals surface area contributed by atoms with Crippen LogP contribution in [-0.4, -0.2) is 18.4 Å². The minimum atomic E-state index is -0.295. The summed E-state index contributed by atoms with van der Waals surface area (Å²) in [5, 5.41) is 9.76. The average Bonchev–Trinajstić information content (AvgIpc) is 3.46. The second-order valence-electron chi connectivity index (χ2n) is 7.14. The number of furan rings is 2. The quantitative estimate of drug-likeness (QED) is 0.398. The van der Waals surface area contributed by atoms with Crippen molar-refractivity contribution < 1.29 is 18.4 Å². The topological polar surface area (TPSA) is 96.5 Å². The smallest absolute Gasteiger partial charge is 0.253 e. The molecule has 4 aromatic rings. The number of para-hydroxylation sites is 2. The fraction of sp³-hybridized carbons (Fsp3) is 0.167. The molecule has 0 bridgehead atoms. The first-order valence-electron chi connectivity index (χ1n) is 10.0. The van der Waals surface area contributed by atoms with Crippen molar-refractivity contribution in [1.82, 2.24) is 10.6 Å². The van der Waals surface area contributed by atoms with Gasteiger partial charge in [0.2, 0.25) is 5.91 Å². The summed E-state index contributed by atoms with van der Waals surface area (Å²) in [4.78, 5) is 25.0. The second-order valence-corrected chi connectivity index (χ2v) is 7.14. The van der Waals surface area contributed by atoms with E-state index in [0.29, 0.717) is 17.0 Å². The van der Waals surface area contributed by atoms with Crippen LogP contribution in [-0.2, 0) is 11.3 Å². The van der Waals surface area contributed by atoms with E-state index in [2.05, 4.69) is 16.0 Å². The van der Waals surface area contributed by atoms with E-state index in [4.69, 9.17) is 8.83 Å². The Morgan fingerprint density at radius 3 is 2.61 bits per heavy atom. The van der Waals surface area contributed by atoms with Gasteiger partial charge in [-0.05, 0) is 43.3 Å². The fourth-order valence-electron chi connectivity index (χ4n) is 3.22. The van der Waals surface area contributed by atoms with E-state index >= 15 is 0 Å². The molecule has 0 saturated heterocycles. The van der Waals surface area contributed by atoms with Crippen LogP contribution in [0, 0.1) is 0 Å². The Morgan fingerprint density at radius 2 is 1.81 bits per heavy atom. The summed E-state index contributed by atoms with van der Waals surface area (Å²) in [6.45, 7) is 2.27. The van der Waals surface area contributed by atoms with Crippen LogP contribution < -0.4 is 16.0 Å². The summed E-state index contributed by atoms with van der Waals surface area (Å²) in [6.07, 6.45) is 1.55. The molecule has 2 aromatic heterocycles. The van der Waals surface area contributed by atoms with Gasteiger partial charge in [0.15, 0.2) is 0 Å². The molecule has 31 heavy (non-hydrogen) atoms. The van der Waals surface area contributed by atoms with Crippen LogP contribution in [0.1, 0.15) is 34.8 Å². The van der Waals surface area contributed by atoms with E-state index in [-0.39, 0.29) is 30.9 Å². The lowest BCUT2D eigenvalue weighted by atomic mass is 10.1. The molecule has 0 aliphatic carbocycles. The zero-order valence-corrected chi connectivity index (χ0v) is 17.1. The molecule has 1 atom stereocenters. The lowest BCUT2D eigenvalue weighted by molar-refractivity contribution is -0.115. The molecule has 0 aliphatic heterocycles. The van der Waals surface area contributed by atoms with E-state index in [0.717, 1.165) is 16.7 Å². The van der Waals surface area contributed by atoms with Crippen LogP contribution in [0.2, 0.25) is 0 Å². The highest BCUT2D eigenvalue weighted by atomic mass is 16.3. The van der Waals surface area contributed by atoms with Gasteiger partial charge in [0.05, 0.1) is 36.6 Å². The minimum Gasteiger partial charge on any atom is -0.467 e. The van der Waals surface area contributed by atoms with Crippen LogP contribution in [0.4, 0.5) is 5.69 Å². The second kappa shape index (κ2) is 9.32. The van der Waals surface area contributed by atoms with E-state index in [1.54, 1.807) is 42.7 Å². The van der Waals surface area contributed by atoms with Gasteiger partial charge in [-0.3, -0.25) is 14.9 Å². The average molecular weight is 417 g/mol. The molecule has 2 aromatic carbocycles. The van der Waals surface area contributed by atoms with Crippen molar-refractivity contribution in [3.05, 3.63) is 90.1 Å². The highest BCUT2D eigenvalue weighted by Crippen LogP contribution is 2.23. The lowest BCUT2D eigenvalue weighted by Gasteiger charge is -2.13. The molecule has 0 radical (unpaired) electrons. The van der Waals surface area contributed by atoms with Crippen molar-refractivity contribution in [2.75, 3.05) is 11.9 Å². The van der Waals surface area contributed by atoms with E-state index < -0.39 is 0 Å². The third kappa shape index (κ3) is 5.02. The molecule has 2 amide bonds. The van der Waals surface area contributed by atoms with Crippen LogP contribution in [0.3, 0.4) is 0 Å². The van der Waals surface area contributed by atoms with Crippen molar-refractivity contribution in [3.8, 4) is 0 Å². The molecular formula is C24H23N3O4. The van der Waals surface area contributed by atoms with Gasteiger partial charge >= 0.3 is 0 Å². The molecule has 7 nitrogen and oxygen atoms in total. The Labute approximate surface area is 179 Å². The maximum Gasteiger partial charge on any atom is 0.253 e. The van der Waals surface area contributed by atoms with E-state index in [9.17, 15) is 9.59 Å². The van der Waals surface area contributed by atoms with Crippen molar-refractivity contribution in [2.24, 2.45) is 0 Å². The van der Waals surface area contributed by atoms with Crippen LogP contribution in [0.25, 0.3) is 11.0 Å². The Balaban J connectivity index is 1.34. The molecular weight excluding hydrogens is 394 g/mol. The number of carbonyl (C=O) groups excluding carboxylic acids is 2. The molecule has 7 heteroatoms. The predicted octanol–water partition coefficient (Wildman–Crippen LogP) is 4.25. The highest BCUT2D eigenvalue weighted by molar-refractivity contribution is 6.04. The molecule has 3 N–H and O–H groups in total. The third-order valence-corrected chi connectivity index (χ3v) is 4.89. The zero-order chi connectivity index (χ0) is 21.6. The number of amides is 2. The molecule has 0 aliphatic rings. The van der Waals surface area contributed by atoms with Crippen molar-refractivity contribution in [3.63, 3.8) is 0 Å². The molecule has 1 unspecified atom stereocenters. The number of benzene rings is 2. The maximum atomic E-state index is 12.5. The van der Waals surface area contributed by atoms with Gasteiger partial charge in [-0.2, -0.15) is 0 Å². The third-order valence-electron chi connectivity index (χ3n) is 4.89. The van der Waals surface area contributed by atoms with Crippen LogP contribution >= 0.6 is 0 Å². The number of anilines is 1. The predicted molar refractivity (Wildman–Crippen MR) is 118 cm³/mol. The number of hydrogen-bond acceptors (Lipinski definition) is 5. The van der Waals surface area contributed by atoms with Gasteiger partial charge in [-0.15, -0.1) is 0 Å². The summed E-state index contributed by atoms with van der Waals surface area (Å²) in [6, 6.07) is 20.0. The fourth-order valence-corrected chi connectivity index (χ4v) is 3.22. The Morgan fingerprint density at radius 1 is 1.00 bits per heavy atom. The molecule has 0 spiro atoms. The SMILES string of the molecule is CC(NCC(=O)Nc1ccccc1C(=O)NCc1ccco1)c1cc2ccccc2o1. The van der Waals surface area contributed by atoms with Crippen LogP contribution in [0.15, 0.2) is 81.8 Å². The highest BCUT2D eigenvalue weighted by Gasteiger charge is 2.15. The van der Waals surface area contributed by atoms with Gasteiger partial charge in [0.25, 0.3) is 5.91 Å². The first kappa shape index (κ1) is 20.4. The number of hydrogen-bond donors (Lipinski definition) is 3. The first-order valence-corrected chi connectivity index (χ1v) is 10.0. The van der Waals surface area contributed by atoms with Crippen molar-refractivity contribution in [1.29, 1.82) is 0 Å². The molecule has 0 fully saturated rings. The van der Waals surface area contributed by atoms with Gasteiger partial charge in [0, 0.05) is 5.39 Å². The van der Waals surface area contributed by atoms with Crippen LogP contribution in [0.5, 0.6) is 0 Å². The van der Waals surface area contributed by atoms with Gasteiger partial charge in [-0.1, -0.05) is 30.3 Å². The van der Waals surface area contributed by atoms with Gasteiger partial charge in [-0.25, -0.2) is 0 Å². The van der Waals surface area contributed by atoms with E-state index in [1.165, 1.54) is 0 Å². The Kier molecular flexibility index (Phi) is 6.14. The normalized spacial score (nSPS) is 11.9. The lowest BCUT2D eigenvalue weighted by Crippen LogP contribution is -2.31. The van der Waals surface area contributed by atoms with Crippen molar-refractivity contribution >= 4 is 28.5 Å². The largest absolute Gasteiger partial charge is 0.467 e. The molecule has 158 valence electrons. The number of carbonyl (C=O) groups is 2. The van der Waals surface area contributed by atoms with Gasteiger partial charge in [0.1, 0.15) is 17.1 Å². The summed E-state index contributed by atoms with van der Waals surface area (Å²) >= 11 is 0. The van der Waals surface area contributed by atoms with Gasteiger partial charge < -0.3 is 19.5 Å². The Bertz CT molecular complexity index is 1150. The minimum absolute atomic E-state index is 0.0700. The number of fused-ring (bicyclic) bond motifs is 1. The zero-order valence-electron chi connectivity index (χ0n) is 17.1. The maximum absolute atomic E-state index is 12.5. The summed E-state index contributed by atoms with van der Waals surface area (Å²) in [5.41, 5.74) is 1.64. The summed E-state index contributed by atoms with van der Waals surface area (Å²) < 4.78 is 11.1. The monoisotopic (exact) mass is 417 g/mol. The number of nitrogens with one attached hydrogen (secondary N) is 3. The summed E-state index contributed by atoms with van der Waals surface area (Å²) in [5.74, 6) is 0.857.